The Bertz CT molecular complexity index is 601. The average Bonchev–Trinajstić information content (AvgIpc) is 2.48. The Morgan fingerprint density at radius 1 is 1.25 bits per heavy atom. The molecule has 0 saturated heterocycles. The SMILES string of the molecule is CCc1cc(C(=O)Nc2ccccc2C)cc(NC)n1. The number of hydrogen-bond donors (Lipinski definition) is 2. The summed E-state index contributed by atoms with van der Waals surface area (Å²) in [4.78, 5) is 16.7. The third kappa shape index (κ3) is 3.15. The van der Waals surface area contributed by atoms with Crippen molar-refractivity contribution in [3.05, 3.63) is 53.2 Å². The molecule has 0 aliphatic rings. The van der Waals surface area contributed by atoms with E-state index in [1.165, 1.54) is 0 Å². The third-order valence-corrected chi connectivity index (χ3v) is 3.15. The van der Waals surface area contributed by atoms with Gasteiger partial charge in [0.05, 0.1) is 0 Å². The maximum Gasteiger partial charge on any atom is 0.255 e. The van der Waals surface area contributed by atoms with Crippen molar-refractivity contribution in [1.82, 2.24) is 4.98 Å². The van der Waals surface area contributed by atoms with E-state index < -0.39 is 0 Å². The molecule has 104 valence electrons. The Hall–Kier alpha value is -2.36. The van der Waals surface area contributed by atoms with Crippen LogP contribution in [0.15, 0.2) is 36.4 Å². The molecule has 4 heteroatoms. The monoisotopic (exact) mass is 269 g/mol. The quantitative estimate of drug-likeness (QED) is 0.895. The van der Waals surface area contributed by atoms with E-state index in [2.05, 4.69) is 15.6 Å². The largest absolute Gasteiger partial charge is 0.373 e. The Kier molecular flexibility index (Phi) is 4.35. The van der Waals surface area contributed by atoms with Crippen molar-refractivity contribution in [2.45, 2.75) is 20.3 Å². The minimum absolute atomic E-state index is 0.118. The van der Waals surface area contributed by atoms with Crippen LogP contribution in [0.4, 0.5) is 11.5 Å². The predicted octanol–water partition coefficient (Wildman–Crippen LogP) is 3.25. The van der Waals surface area contributed by atoms with Gasteiger partial charge in [0.1, 0.15) is 5.82 Å². The molecule has 0 bridgehead atoms. The van der Waals surface area contributed by atoms with Crippen LogP contribution in [-0.4, -0.2) is 17.9 Å². The van der Waals surface area contributed by atoms with E-state index in [-0.39, 0.29) is 5.91 Å². The first kappa shape index (κ1) is 14.1. The van der Waals surface area contributed by atoms with E-state index in [0.29, 0.717) is 11.4 Å². The molecule has 4 nitrogen and oxygen atoms in total. The first-order chi connectivity index (χ1) is 9.63. The Morgan fingerprint density at radius 2 is 2.00 bits per heavy atom. The van der Waals surface area contributed by atoms with Gasteiger partial charge < -0.3 is 10.6 Å². The molecule has 0 unspecified atom stereocenters. The van der Waals surface area contributed by atoms with Crippen LogP contribution in [0.25, 0.3) is 0 Å². The van der Waals surface area contributed by atoms with Crippen LogP contribution in [0.1, 0.15) is 28.5 Å². The molecule has 1 aromatic heterocycles. The molecule has 0 aliphatic carbocycles. The van der Waals surface area contributed by atoms with Crippen LogP contribution in [0.2, 0.25) is 0 Å². The number of rotatable bonds is 4. The predicted molar refractivity (Wildman–Crippen MR) is 82.3 cm³/mol. The summed E-state index contributed by atoms with van der Waals surface area (Å²) in [6.45, 7) is 3.99. The highest BCUT2D eigenvalue weighted by Gasteiger charge is 2.10. The van der Waals surface area contributed by atoms with E-state index in [1.54, 1.807) is 13.1 Å². The number of aryl methyl sites for hydroxylation is 2. The molecule has 0 atom stereocenters. The summed E-state index contributed by atoms with van der Waals surface area (Å²) in [5.41, 5.74) is 3.38. The summed E-state index contributed by atoms with van der Waals surface area (Å²) < 4.78 is 0. The second-order valence-electron chi connectivity index (χ2n) is 4.60. The molecule has 0 aliphatic heterocycles. The number of amides is 1. The van der Waals surface area contributed by atoms with Crippen LogP contribution in [0.3, 0.4) is 0 Å². The average molecular weight is 269 g/mol. The lowest BCUT2D eigenvalue weighted by molar-refractivity contribution is 0.102. The second kappa shape index (κ2) is 6.19. The van der Waals surface area contributed by atoms with Crippen molar-refractivity contribution in [1.29, 1.82) is 0 Å². The van der Waals surface area contributed by atoms with Crippen LogP contribution < -0.4 is 10.6 Å². The lowest BCUT2D eigenvalue weighted by Gasteiger charge is -2.10. The number of nitrogens with one attached hydrogen (secondary N) is 2. The number of carbonyl (C=O) groups is 1. The van der Waals surface area contributed by atoms with Crippen LogP contribution in [0.5, 0.6) is 0 Å². The number of anilines is 2. The number of benzene rings is 1. The van der Waals surface area contributed by atoms with E-state index in [1.807, 2.05) is 44.2 Å². The van der Waals surface area contributed by atoms with Gasteiger partial charge >= 0.3 is 0 Å². The number of nitrogens with zero attached hydrogens (tertiary/aromatic N) is 1. The Balaban J connectivity index is 2.27. The van der Waals surface area contributed by atoms with Gasteiger partial charge in [-0.15, -0.1) is 0 Å². The fourth-order valence-electron chi connectivity index (χ4n) is 1.94. The van der Waals surface area contributed by atoms with Crippen LogP contribution >= 0.6 is 0 Å². The topological polar surface area (TPSA) is 54.0 Å². The normalized spacial score (nSPS) is 10.2. The lowest BCUT2D eigenvalue weighted by Crippen LogP contribution is -2.14. The minimum Gasteiger partial charge on any atom is -0.373 e. The van der Waals surface area contributed by atoms with E-state index >= 15 is 0 Å². The molecule has 20 heavy (non-hydrogen) atoms. The number of para-hydroxylation sites is 1. The Morgan fingerprint density at radius 3 is 2.65 bits per heavy atom. The maximum atomic E-state index is 12.3. The maximum absolute atomic E-state index is 12.3. The fraction of sp³-hybridized carbons (Fsp3) is 0.250. The molecule has 2 aromatic rings. The minimum atomic E-state index is -0.118. The molecule has 0 saturated carbocycles. The Labute approximate surface area is 119 Å². The van der Waals surface area contributed by atoms with Gasteiger partial charge in [-0.1, -0.05) is 25.1 Å². The van der Waals surface area contributed by atoms with Gasteiger partial charge in [0.15, 0.2) is 0 Å². The molecule has 0 radical (unpaired) electrons. The van der Waals surface area contributed by atoms with Crippen molar-refractivity contribution in [3.63, 3.8) is 0 Å². The van der Waals surface area contributed by atoms with Crippen molar-refractivity contribution in [3.8, 4) is 0 Å². The molecule has 2 rings (SSSR count). The van der Waals surface area contributed by atoms with E-state index in [0.717, 1.165) is 23.4 Å². The van der Waals surface area contributed by atoms with Crippen LogP contribution in [-0.2, 0) is 6.42 Å². The lowest BCUT2D eigenvalue weighted by atomic mass is 10.1. The molecule has 2 N–H and O–H groups in total. The zero-order valence-electron chi connectivity index (χ0n) is 12.0. The molecule has 1 heterocycles. The number of pyridine rings is 1. The smallest absolute Gasteiger partial charge is 0.255 e. The van der Waals surface area contributed by atoms with Crippen molar-refractivity contribution in [2.75, 3.05) is 17.7 Å². The molecule has 1 aromatic carbocycles. The molecule has 0 fully saturated rings. The van der Waals surface area contributed by atoms with Gasteiger partial charge in [-0.05, 0) is 37.1 Å². The van der Waals surface area contributed by atoms with E-state index in [9.17, 15) is 4.79 Å². The van der Waals surface area contributed by atoms with Gasteiger partial charge in [-0.2, -0.15) is 0 Å². The molecular formula is C16H19N3O. The van der Waals surface area contributed by atoms with Gasteiger partial charge in [0.25, 0.3) is 5.91 Å². The van der Waals surface area contributed by atoms with Crippen molar-refractivity contribution >= 4 is 17.4 Å². The van der Waals surface area contributed by atoms with E-state index in [4.69, 9.17) is 0 Å². The molecule has 1 amide bonds. The second-order valence-corrected chi connectivity index (χ2v) is 4.60. The first-order valence-corrected chi connectivity index (χ1v) is 6.69. The summed E-state index contributed by atoms with van der Waals surface area (Å²) in [6, 6.07) is 11.3. The fourth-order valence-corrected chi connectivity index (χ4v) is 1.94. The first-order valence-electron chi connectivity index (χ1n) is 6.69. The number of carbonyl (C=O) groups excluding carboxylic acids is 1. The third-order valence-electron chi connectivity index (χ3n) is 3.15. The van der Waals surface area contributed by atoms with Gasteiger partial charge in [-0.3, -0.25) is 4.79 Å². The summed E-state index contributed by atoms with van der Waals surface area (Å²) >= 11 is 0. The molecular weight excluding hydrogens is 250 g/mol. The zero-order valence-corrected chi connectivity index (χ0v) is 12.0. The highest BCUT2D eigenvalue weighted by atomic mass is 16.1. The zero-order chi connectivity index (χ0) is 14.5. The summed E-state index contributed by atoms with van der Waals surface area (Å²) in [5.74, 6) is 0.590. The van der Waals surface area contributed by atoms with Crippen molar-refractivity contribution < 1.29 is 4.79 Å². The number of aromatic nitrogens is 1. The number of hydrogen-bond acceptors (Lipinski definition) is 3. The highest BCUT2D eigenvalue weighted by Crippen LogP contribution is 2.16. The summed E-state index contributed by atoms with van der Waals surface area (Å²) in [5, 5.41) is 5.92. The van der Waals surface area contributed by atoms with Crippen LogP contribution in [0, 0.1) is 6.92 Å². The summed E-state index contributed by atoms with van der Waals surface area (Å²) in [6.07, 6.45) is 0.792. The van der Waals surface area contributed by atoms with Gasteiger partial charge in [0, 0.05) is 24.0 Å². The van der Waals surface area contributed by atoms with Gasteiger partial charge in [0.2, 0.25) is 0 Å². The molecule has 0 spiro atoms. The highest BCUT2D eigenvalue weighted by molar-refractivity contribution is 6.05. The van der Waals surface area contributed by atoms with Gasteiger partial charge in [-0.25, -0.2) is 4.98 Å². The standard InChI is InChI=1S/C16H19N3O/c1-4-13-9-12(10-15(17-3)18-13)16(20)19-14-8-6-5-7-11(14)2/h5-10H,4H2,1-3H3,(H,17,18)(H,19,20). The van der Waals surface area contributed by atoms with Crippen molar-refractivity contribution in [2.24, 2.45) is 0 Å². The summed E-state index contributed by atoms with van der Waals surface area (Å²) in [7, 11) is 1.80.